The summed E-state index contributed by atoms with van der Waals surface area (Å²) in [6.07, 6.45) is -1.63. The van der Waals surface area contributed by atoms with Gasteiger partial charge in [0.15, 0.2) is 6.26 Å². The van der Waals surface area contributed by atoms with Crippen molar-refractivity contribution in [3.63, 3.8) is 0 Å². The van der Waals surface area contributed by atoms with Gasteiger partial charge in [-0.05, 0) is 47.2 Å². The molecule has 8 heteroatoms. The van der Waals surface area contributed by atoms with Gasteiger partial charge in [-0.1, -0.05) is 74.5 Å². The van der Waals surface area contributed by atoms with Crippen molar-refractivity contribution in [2.45, 2.75) is 19.3 Å². The normalized spacial score (nSPS) is 16.6. The van der Waals surface area contributed by atoms with Crippen molar-refractivity contribution in [1.29, 1.82) is 0 Å². The summed E-state index contributed by atoms with van der Waals surface area (Å²) in [5, 5.41) is 19.1. The number of allylic oxidation sites excluding steroid dienone is 1. The molecule has 1 atom stereocenters. The molecule has 0 amide bonds. The van der Waals surface area contributed by atoms with Crippen molar-refractivity contribution >= 4 is 47.1 Å². The highest BCUT2D eigenvalue weighted by molar-refractivity contribution is 8.17. The summed E-state index contributed by atoms with van der Waals surface area (Å²) in [5.41, 5.74) is 2.86. The van der Waals surface area contributed by atoms with Gasteiger partial charge in [-0.25, -0.2) is 9.59 Å². The Labute approximate surface area is 215 Å². The van der Waals surface area contributed by atoms with E-state index in [0.29, 0.717) is 11.3 Å². The summed E-state index contributed by atoms with van der Waals surface area (Å²) in [4.78, 5) is 24.5. The number of anilines is 1. The molecule has 6 nitrogen and oxygen atoms in total. The Balaban J connectivity index is 1.75. The zero-order valence-corrected chi connectivity index (χ0v) is 21.8. The first-order chi connectivity index (χ1) is 17.0. The molecule has 1 aliphatic rings. The highest BCUT2D eigenvalue weighted by Gasteiger charge is 2.40. The first-order valence-electron chi connectivity index (χ1n) is 11.2. The SMILES string of the molecule is CN1/C(=C/[P@@](=S)(Oc2ccc(C=C(C(=O)O)C(=O)O)cc2)c2ccccc2)C(C)(C)c2ccccc21. The predicted molar refractivity (Wildman–Crippen MR) is 147 cm³/mol. The van der Waals surface area contributed by atoms with Crippen molar-refractivity contribution in [2.75, 3.05) is 11.9 Å². The van der Waals surface area contributed by atoms with Gasteiger partial charge < -0.3 is 19.6 Å². The topological polar surface area (TPSA) is 87.1 Å². The Morgan fingerprint density at radius 1 is 0.917 bits per heavy atom. The monoisotopic (exact) mass is 519 g/mol. The standard InChI is InChI=1S/C28H26NO5PS/c1-28(2)23-11-7-8-12-24(23)29(3)25(28)18-35(36,21-9-5-4-6-10-21)34-20-15-13-19(14-16-20)17-22(26(30)31)27(32)33/h4-18H,1-3H3,(H,30,31)(H,32,33)/b25-18+/t35-/m0/s1. The Kier molecular flexibility index (Phi) is 6.90. The van der Waals surface area contributed by atoms with E-state index in [2.05, 4.69) is 36.7 Å². The largest absolute Gasteiger partial charge is 0.477 e. The number of benzene rings is 3. The van der Waals surface area contributed by atoms with Gasteiger partial charge in [0, 0.05) is 35.0 Å². The number of likely N-dealkylation sites (N-methyl/N-ethyl adjacent to an activating group) is 1. The van der Waals surface area contributed by atoms with Gasteiger partial charge in [0.05, 0.1) is 0 Å². The molecule has 0 aromatic heterocycles. The van der Waals surface area contributed by atoms with Crippen LogP contribution in [0.25, 0.3) is 6.08 Å². The fourth-order valence-electron chi connectivity index (χ4n) is 4.34. The van der Waals surface area contributed by atoms with E-state index in [1.165, 1.54) is 5.56 Å². The third kappa shape index (κ3) is 4.85. The van der Waals surface area contributed by atoms with Gasteiger partial charge >= 0.3 is 11.9 Å². The minimum Gasteiger partial charge on any atom is -0.477 e. The number of carbonyl (C=O) groups is 2. The lowest BCUT2D eigenvalue weighted by atomic mass is 9.84. The Morgan fingerprint density at radius 3 is 2.08 bits per heavy atom. The Hall–Kier alpha value is -3.67. The number of carboxylic acids is 2. The third-order valence-electron chi connectivity index (χ3n) is 6.24. The van der Waals surface area contributed by atoms with Crippen LogP contribution in [0.5, 0.6) is 5.75 Å². The van der Waals surface area contributed by atoms with Crippen molar-refractivity contribution in [3.8, 4) is 5.75 Å². The van der Waals surface area contributed by atoms with Crippen LogP contribution in [0.1, 0.15) is 25.0 Å². The summed E-state index contributed by atoms with van der Waals surface area (Å²) >= 11 is 6.24. The molecule has 0 saturated heterocycles. The summed E-state index contributed by atoms with van der Waals surface area (Å²) in [5.74, 6) is -0.408. The summed E-state index contributed by atoms with van der Waals surface area (Å²) in [6.45, 7) is 4.35. The van der Waals surface area contributed by atoms with Crippen molar-refractivity contribution in [2.24, 2.45) is 0 Å². The second-order valence-electron chi connectivity index (χ2n) is 8.98. The van der Waals surface area contributed by atoms with Crippen LogP contribution in [0.4, 0.5) is 5.69 Å². The van der Waals surface area contributed by atoms with Crippen molar-refractivity contribution in [3.05, 3.63) is 107 Å². The molecule has 0 saturated carbocycles. The van der Waals surface area contributed by atoms with Gasteiger partial charge in [0.2, 0.25) is 0 Å². The van der Waals surface area contributed by atoms with Crippen molar-refractivity contribution in [1.82, 2.24) is 0 Å². The van der Waals surface area contributed by atoms with Crippen LogP contribution in [-0.2, 0) is 26.8 Å². The van der Waals surface area contributed by atoms with E-state index in [4.69, 9.17) is 26.5 Å². The first kappa shape index (κ1) is 25.4. The first-order valence-corrected chi connectivity index (χ1v) is 14.0. The van der Waals surface area contributed by atoms with Crippen LogP contribution >= 0.6 is 6.26 Å². The fraction of sp³-hybridized carbons (Fsp3) is 0.143. The van der Waals surface area contributed by atoms with Gasteiger partial charge in [0.1, 0.15) is 11.3 Å². The van der Waals surface area contributed by atoms with Crippen LogP contribution < -0.4 is 14.7 Å². The molecule has 0 aliphatic carbocycles. The molecule has 4 rings (SSSR count). The average Bonchev–Trinajstić information content (AvgIpc) is 3.04. The number of para-hydroxylation sites is 1. The molecular formula is C28H26NO5PS. The lowest BCUT2D eigenvalue weighted by molar-refractivity contribution is -0.140. The minimum atomic E-state index is -2.74. The summed E-state index contributed by atoms with van der Waals surface area (Å²) < 4.78 is 6.51. The molecule has 0 unspecified atom stereocenters. The van der Waals surface area contributed by atoms with Crippen LogP contribution in [0.3, 0.4) is 0 Å². The van der Waals surface area contributed by atoms with E-state index in [-0.39, 0.29) is 5.41 Å². The van der Waals surface area contributed by atoms with Crippen LogP contribution in [-0.4, -0.2) is 29.2 Å². The van der Waals surface area contributed by atoms with Crippen LogP contribution in [0.15, 0.2) is 96.0 Å². The highest BCUT2D eigenvalue weighted by atomic mass is 32.4. The van der Waals surface area contributed by atoms with E-state index >= 15 is 0 Å². The maximum absolute atomic E-state index is 11.2. The lowest BCUT2D eigenvalue weighted by Gasteiger charge is -2.28. The maximum atomic E-state index is 11.2. The van der Waals surface area contributed by atoms with Gasteiger partial charge in [-0.2, -0.15) is 0 Å². The second-order valence-corrected chi connectivity index (χ2v) is 12.8. The molecule has 0 spiro atoms. The van der Waals surface area contributed by atoms with Crippen molar-refractivity contribution < 1.29 is 24.3 Å². The number of rotatable bonds is 7. The lowest BCUT2D eigenvalue weighted by Crippen LogP contribution is -2.24. The van der Waals surface area contributed by atoms with Gasteiger partial charge in [-0.15, -0.1) is 0 Å². The molecule has 36 heavy (non-hydrogen) atoms. The maximum Gasteiger partial charge on any atom is 0.343 e. The molecular weight excluding hydrogens is 493 g/mol. The number of fused-ring (bicyclic) bond motifs is 1. The van der Waals surface area contributed by atoms with Gasteiger partial charge in [-0.3, -0.25) is 0 Å². The molecule has 184 valence electrons. The zero-order valence-electron chi connectivity index (χ0n) is 20.1. The van der Waals surface area contributed by atoms with E-state index in [0.717, 1.165) is 22.8 Å². The average molecular weight is 520 g/mol. The van der Waals surface area contributed by atoms with Gasteiger partial charge in [0.25, 0.3) is 0 Å². The number of carboxylic acid groups (broad SMARTS) is 2. The molecule has 0 fully saturated rings. The minimum absolute atomic E-state index is 0.272. The highest BCUT2D eigenvalue weighted by Crippen LogP contribution is 2.55. The second kappa shape index (κ2) is 9.76. The number of hydrogen-bond acceptors (Lipinski definition) is 5. The Morgan fingerprint density at radius 2 is 1.50 bits per heavy atom. The fourth-order valence-corrected chi connectivity index (χ4v) is 7.41. The molecule has 1 heterocycles. The predicted octanol–water partition coefficient (Wildman–Crippen LogP) is 5.61. The number of hydrogen-bond donors (Lipinski definition) is 2. The third-order valence-corrected chi connectivity index (χ3v) is 9.50. The molecule has 3 aromatic carbocycles. The van der Waals surface area contributed by atoms with E-state index in [1.807, 2.05) is 49.5 Å². The quantitative estimate of drug-likeness (QED) is 0.182. The Bertz CT molecular complexity index is 1410. The molecule has 0 bridgehead atoms. The molecule has 3 aromatic rings. The molecule has 1 aliphatic heterocycles. The van der Waals surface area contributed by atoms with E-state index in [1.54, 1.807) is 24.3 Å². The van der Waals surface area contributed by atoms with E-state index < -0.39 is 23.8 Å². The van der Waals surface area contributed by atoms with Crippen LogP contribution in [0, 0.1) is 0 Å². The number of aliphatic carboxylic acids is 2. The zero-order chi connectivity index (χ0) is 26.1. The molecule has 2 N–H and O–H groups in total. The van der Waals surface area contributed by atoms with E-state index in [9.17, 15) is 9.59 Å². The summed E-state index contributed by atoms with van der Waals surface area (Å²) in [7, 11) is 2.04. The number of nitrogens with zero attached hydrogens (tertiary/aromatic N) is 1. The summed E-state index contributed by atoms with van der Waals surface area (Å²) in [6, 6.07) is 24.6. The smallest absolute Gasteiger partial charge is 0.343 e. The van der Waals surface area contributed by atoms with Crippen LogP contribution in [0.2, 0.25) is 0 Å². The molecule has 0 radical (unpaired) electrons.